The predicted molar refractivity (Wildman–Crippen MR) is 34.6 cm³/mol. The third kappa shape index (κ3) is 1.64. The lowest BCUT2D eigenvalue weighted by Crippen LogP contribution is -1.85. The van der Waals surface area contributed by atoms with Crippen molar-refractivity contribution in [3.63, 3.8) is 0 Å². The van der Waals surface area contributed by atoms with Crippen molar-refractivity contribution < 1.29 is 0 Å². The fourth-order valence-corrected chi connectivity index (χ4v) is 0.560. The van der Waals surface area contributed by atoms with E-state index in [0.29, 0.717) is 6.42 Å². The number of hydrogen-bond acceptors (Lipinski definition) is 2. The van der Waals surface area contributed by atoms with Crippen LogP contribution in [-0.2, 0) is 6.42 Å². The zero-order valence-corrected chi connectivity index (χ0v) is 4.99. The molecule has 0 atom stereocenters. The first-order valence-electron chi connectivity index (χ1n) is 2.72. The van der Waals surface area contributed by atoms with Crippen molar-refractivity contribution in [2.24, 2.45) is 0 Å². The first-order chi connectivity index (χ1) is 4.43. The third-order valence-corrected chi connectivity index (χ3v) is 0.970. The standard InChI is InChI=1S/C7H7N2/c1-2-3-7-4-5-8-6-9-7/h1-2,4-6H,3H2. The van der Waals surface area contributed by atoms with Crippen LogP contribution in [0.1, 0.15) is 5.69 Å². The summed E-state index contributed by atoms with van der Waals surface area (Å²) in [7, 11) is 0. The topological polar surface area (TPSA) is 25.8 Å². The molecule has 2 heteroatoms. The van der Waals surface area contributed by atoms with Gasteiger partial charge in [0.05, 0.1) is 0 Å². The highest BCUT2D eigenvalue weighted by Gasteiger charge is 1.84. The minimum Gasteiger partial charge on any atom is -0.245 e. The van der Waals surface area contributed by atoms with E-state index in [-0.39, 0.29) is 0 Å². The number of aromatic nitrogens is 2. The summed E-state index contributed by atoms with van der Waals surface area (Å²) in [5.41, 5.74) is 0.951. The van der Waals surface area contributed by atoms with Gasteiger partial charge in [0.2, 0.25) is 0 Å². The fourth-order valence-electron chi connectivity index (χ4n) is 0.560. The van der Waals surface area contributed by atoms with E-state index in [1.807, 2.05) is 6.07 Å². The molecule has 0 saturated carbocycles. The Morgan fingerprint density at radius 1 is 1.67 bits per heavy atom. The van der Waals surface area contributed by atoms with Gasteiger partial charge in [-0.25, -0.2) is 9.97 Å². The van der Waals surface area contributed by atoms with Crippen LogP contribution >= 0.6 is 0 Å². The van der Waals surface area contributed by atoms with Gasteiger partial charge in [-0.1, -0.05) is 12.7 Å². The fraction of sp³-hybridized carbons (Fsp3) is 0.143. The van der Waals surface area contributed by atoms with Gasteiger partial charge in [-0.3, -0.25) is 0 Å². The molecule has 45 valence electrons. The van der Waals surface area contributed by atoms with Crippen LogP contribution in [0.5, 0.6) is 0 Å². The summed E-state index contributed by atoms with van der Waals surface area (Å²) in [5, 5.41) is 0. The molecule has 9 heavy (non-hydrogen) atoms. The van der Waals surface area contributed by atoms with Gasteiger partial charge < -0.3 is 0 Å². The molecule has 0 aliphatic heterocycles. The zero-order chi connectivity index (χ0) is 6.53. The van der Waals surface area contributed by atoms with E-state index >= 15 is 0 Å². The summed E-state index contributed by atoms with van der Waals surface area (Å²) < 4.78 is 0. The predicted octanol–water partition coefficient (Wildman–Crippen LogP) is 1.01. The molecule has 1 radical (unpaired) electrons. The van der Waals surface area contributed by atoms with Crippen molar-refractivity contribution in [2.75, 3.05) is 0 Å². The maximum Gasteiger partial charge on any atom is 0.115 e. The molecule has 0 N–H and O–H groups in total. The van der Waals surface area contributed by atoms with Gasteiger partial charge in [-0.05, 0) is 6.07 Å². The van der Waals surface area contributed by atoms with Crippen molar-refractivity contribution in [1.82, 2.24) is 9.97 Å². The molecule has 0 aliphatic carbocycles. The van der Waals surface area contributed by atoms with Gasteiger partial charge in [-0.15, -0.1) is 0 Å². The van der Waals surface area contributed by atoms with Crippen LogP contribution in [0.4, 0.5) is 0 Å². The van der Waals surface area contributed by atoms with Crippen molar-refractivity contribution in [3.05, 3.63) is 36.9 Å². The van der Waals surface area contributed by atoms with Gasteiger partial charge in [-0.2, -0.15) is 0 Å². The Hall–Kier alpha value is -1.18. The molecule has 0 spiro atoms. The minimum absolute atomic E-state index is 0.711. The average Bonchev–Trinajstić information content (AvgIpc) is 1.91. The van der Waals surface area contributed by atoms with Crippen LogP contribution in [0.15, 0.2) is 24.7 Å². The van der Waals surface area contributed by atoms with Crippen LogP contribution in [-0.4, -0.2) is 9.97 Å². The summed E-state index contributed by atoms with van der Waals surface area (Å²) in [5.74, 6) is 0. The molecule has 1 aromatic heterocycles. The molecule has 0 bridgehead atoms. The highest BCUT2D eigenvalue weighted by Crippen LogP contribution is 1.90. The Bertz CT molecular complexity index is 181. The molecule has 0 unspecified atom stereocenters. The molecule has 2 nitrogen and oxygen atoms in total. The Balaban J connectivity index is 2.72. The van der Waals surface area contributed by atoms with Crippen molar-refractivity contribution >= 4 is 0 Å². The summed E-state index contributed by atoms with van der Waals surface area (Å²) >= 11 is 0. The van der Waals surface area contributed by atoms with Crippen LogP contribution in [0.2, 0.25) is 0 Å². The Kier molecular flexibility index (Phi) is 1.96. The first kappa shape index (κ1) is 5.95. The van der Waals surface area contributed by atoms with Crippen LogP contribution in [0, 0.1) is 6.58 Å². The maximum atomic E-state index is 5.18. The van der Waals surface area contributed by atoms with E-state index in [2.05, 4.69) is 9.97 Å². The Labute approximate surface area is 54.3 Å². The van der Waals surface area contributed by atoms with E-state index in [1.165, 1.54) is 6.33 Å². The molecule has 0 fully saturated rings. The quantitative estimate of drug-likeness (QED) is 0.580. The highest BCUT2D eigenvalue weighted by atomic mass is 14.8. The second-order valence-corrected chi connectivity index (χ2v) is 1.64. The second-order valence-electron chi connectivity index (χ2n) is 1.64. The molecule has 1 heterocycles. The lowest BCUT2D eigenvalue weighted by Gasteiger charge is -1.89. The molecule has 1 aromatic rings. The van der Waals surface area contributed by atoms with E-state index in [4.69, 9.17) is 6.58 Å². The van der Waals surface area contributed by atoms with E-state index in [0.717, 1.165) is 5.69 Å². The lowest BCUT2D eigenvalue weighted by molar-refractivity contribution is 1.05. The summed E-state index contributed by atoms with van der Waals surface area (Å²) in [6.07, 6.45) is 5.50. The van der Waals surface area contributed by atoms with Gasteiger partial charge in [0.25, 0.3) is 0 Å². The molecular weight excluding hydrogens is 112 g/mol. The van der Waals surface area contributed by atoms with Gasteiger partial charge in [0.1, 0.15) is 6.33 Å². The normalized spacial score (nSPS) is 8.89. The zero-order valence-electron chi connectivity index (χ0n) is 4.99. The average molecular weight is 119 g/mol. The molecule has 0 aromatic carbocycles. The number of allylic oxidation sites excluding steroid dienone is 1. The van der Waals surface area contributed by atoms with E-state index in [1.54, 1.807) is 12.3 Å². The van der Waals surface area contributed by atoms with Gasteiger partial charge >= 0.3 is 0 Å². The number of nitrogens with zero attached hydrogens (tertiary/aromatic N) is 2. The summed E-state index contributed by atoms with van der Waals surface area (Å²) in [6.45, 7) is 5.18. The number of hydrogen-bond donors (Lipinski definition) is 0. The largest absolute Gasteiger partial charge is 0.245 e. The van der Waals surface area contributed by atoms with Crippen LogP contribution < -0.4 is 0 Å². The molecule has 0 saturated heterocycles. The van der Waals surface area contributed by atoms with Gasteiger partial charge in [0.15, 0.2) is 0 Å². The molecule has 0 aliphatic rings. The van der Waals surface area contributed by atoms with E-state index in [9.17, 15) is 0 Å². The number of rotatable bonds is 2. The lowest BCUT2D eigenvalue weighted by atomic mass is 10.3. The van der Waals surface area contributed by atoms with Crippen LogP contribution in [0.3, 0.4) is 0 Å². The van der Waals surface area contributed by atoms with Gasteiger partial charge in [0, 0.05) is 18.3 Å². The smallest absolute Gasteiger partial charge is 0.115 e. The third-order valence-electron chi connectivity index (χ3n) is 0.970. The summed E-state index contributed by atoms with van der Waals surface area (Å²) in [4.78, 5) is 7.71. The minimum atomic E-state index is 0.711. The van der Waals surface area contributed by atoms with Crippen molar-refractivity contribution in [2.45, 2.75) is 6.42 Å². The highest BCUT2D eigenvalue weighted by molar-refractivity contribution is 5.01. The van der Waals surface area contributed by atoms with E-state index < -0.39 is 0 Å². The Morgan fingerprint density at radius 2 is 2.56 bits per heavy atom. The second kappa shape index (κ2) is 2.97. The molecular formula is C7H7N2. The SMILES string of the molecule is [CH]=CCc1ccncn1. The summed E-state index contributed by atoms with van der Waals surface area (Å²) in [6, 6.07) is 1.84. The molecule has 1 rings (SSSR count). The molecule has 0 amide bonds. The van der Waals surface area contributed by atoms with Crippen molar-refractivity contribution in [1.29, 1.82) is 0 Å². The first-order valence-corrected chi connectivity index (χ1v) is 2.72. The maximum absolute atomic E-state index is 5.18. The monoisotopic (exact) mass is 119 g/mol. The van der Waals surface area contributed by atoms with Crippen molar-refractivity contribution in [3.8, 4) is 0 Å². The Morgan fingerprint density at radius 3 is 3.11 bits per heavy atom. The van der Waals surface area contributed by atoms with Crippen LogP contribution in [0.25, 0.3) is 0 Å².